The molecule has 0 atom stereocenters. The number of hydrogen-bond donors (Lipinski definition) is 1. The SMILES string of the molecule is Oc1ccc(Br)cc1-c1nc(Cc2ccc(Cl)cc2)no1. The van der Waals surface area contributed by atoms with Crippen molar-refractivity contribution in [2.75, 3.05) is 0 Å². The molecule has 0 aliphatic carbocycles. The van der Waals surface area contributed by atoms with Crippen molar-refractivity contribution in [2.45, 2.75) is 6.42 Å². The summed E-state index contributed by atoms with van der Waals surface area (Å²) in [5, 5.41) is 14.5. The molecule has 1 aromatic heterocycles. The van der Waals surface area contributed by atoms with Gasteiger partial charge in [-0.2, -0.15) is 4.98 Å². The van der Waals surface area contributed by atoms with Gasteiger partial charge in [0.1, 0.15) is 5.75 Å². The third-order valence-electron chi connectivity index (χ3n) is 2.93. The zero-order chi connectivity index (χ0) is 14.8. The lowest BCUT2D eigenvalue weighted by Gasteiger charge is -1.99. The highest BCUT2D eigenvalue weighted by Gasteiger charge is 2.13. The Balaban J connectivity index is 1.86. The highest BCUT2D eigenvalue weighted by molar-refractivity contribution is 9.10. The van der Waals surface area contributed by atoms with E-state index in [1.54, 1.807) is 18.2 Å². The second-order valence-corrected chi connectivity index (χ2v) is 5.83. The molecule has 0 saturated heterocycles. The molecule has 1 N–H and O–H groups in total. The summed E-state index contributed by atoms with van der Waals surface area (Å²) < 4.78 is 6.04. The zero-order valence-corrected chi connectivity index (χ0v) is 13.1. The van der Waals surface area contributed by atoms with Crippen molar-refractivity contribution in [1.29, 1.82) is 0 Å². The Hall–Kier alpha value is -1.85. The molecule has 4 nitrogen and oxygen atoms in total. The predicted molar refractivity (Wildman–Crippen MR) is 83.4 cm³/mol. The number of rotatable bonds is 3. The van der Waals surface area contributed by atoms with Gasteiger partial charge in [-0.1, -0.05) is 44.8 Å². The molecule has 0 bridgehead atoms. The lowest BCUT2D eigenvalue weighted by molar-refractivity contribution is 0.418. The molecule has 21 heavy (non-hydrogen) atoms. The highest BCUT2D eigenvalue weighted by Crippen LogP contribution is 2.30. The van der Waals surface area contributed by atoms with Crippen LogP contribution in [0.4, 0.5) is 0 Å². The Morgan fingerprint density at radius 2 is 1.90 bits per heavy atom. The van der Waals surface area contributed by atoms with Gasteiger partial charge in [-0.15, -0.1) is 0 Å². The van der Waals surface area contributed by atoms with Crippen LogP contribution in [0.5, 0.6) is 5.75 Å². The van der Waals surface area contributed by atoms with Crippen molar-refractivity contribution in [3.05, 3.63) is 63.3 Å². The fourth-order valence-corrected chi connectivity index (χ4v) is 2.39. The average molecular weight is 366 g/mol. The van der Waals surface area contributed by atoms with Crippen molar-refractivity contribution in [1.82, 2.24) is 10.1 Å². The number of benzene rings is 2. The summed E-state index contributed by atoms with van der Waals surface area (Å²) in [6.45, 7) is 0. The zero-order valence-electron chi connectivity index (χ0n) is 10.8. The van der Waals surface area contributed by atoms with Crippen LogP contribution in [-0.4, -0.2) is 15.2 Å². The van der Waals surface area contributed by atoms with E-state index in [4.69, 9.17) is 16.1 Å². The Bertz CT molecular complexity index is 772. The molecule has 106 valence electrons. The molecular formula is C15H10BrClN2O2. The summed E-state index contributed by atoms with van der Waals surface area (Å²) in [5.74, 6) is 0.935. The van der Waals surface area contributed by atoms with E-state index in [2.05, 4.69) is 26.1 Å². The molecule has 3 aromatic rings. The lowest BCUT2D eigenvalue weighted by Crippen LogP contribution is -1.90. The Labute approximate surface area is 134 Å². The van der Waals surface area contributed by atoms with Gasteiger partial charge in [0.25, 0.3) is 5.89 Å². The van der Waals surface area contributed by atoms with E-state index in [9.17, 15) is 5.11 Å². The quantitative estimate of drug-likeness (QED) is 0.745. The molecule has 0 aliphatic heterocycles. The second-order valence-electron chi connectivity index (χ2n) is 4.48. The minimum absolute atomic E-state index is 0.0971. The van der Waals surface area contributed by atoms with Gasteiger partial charge in [0.2, 0.25) is 0 Å². The molecule has 0 spiro atoms. The lowest BCUT2D eigenvalue weighted by atomic mass is 10.1. The van der Waals surface area contributed by atoms with Gasteiger partial charge >= 0.3 is 0 Å². The van der Waals surface area contributed by atoms with Crippen LogP contribution in [0.3, 0.4) is 0 Å². The van der Waals surface area contributed by atoms with Crippen molar-refractivity contribution >= 4 is 27.5 Å². The molecule has 0 saturated carbocycles. The van der Waals surface area contributed by atoms with Crippen LogP contribution >= 0.6 is 27.5 Å². The maximum atomic E-state index is 9.85. The third-order valence-corrected chi connectivity index (χ3v) is 3.68. The van der Waals surface area contributed by atoms with Gasteiger partial charge in [0.15, 0.2) is 5.82 Å². The van der Waals surface area contributed by atoms with Gasteiger partial charge < -0.3 is 9.63 Å². The van der Waals surface area contributed by atoms with Crippen LogP contribution in [0, 0.1) is 0 Å². The summed E-state index contributed by atoms with van der Waals surface area (Å²) in [7, 11) is 0. The molecule has 1 heterocycles. The maximum Gasteiger partial charge on any atom is 0.261 e. The minimum Gasteiger partial charge on any atom is -0.507 e. The Morgan fingerprint density at radius 1 is 1.14 bits per heavy atom. The Morgan fingerprint density at radius 3 is 2.67 bits per heavy atom. The predicted octanol–water partition coefficient (Wildman–Crippen LogP) is 4.45. The third kappa shape index (κ3) is 3.25. The molecular weight excluding hydrogens is 356 g/mol. The first-order valence-electron chi connectivity index (χ1n) is 6.18. The van der Waals surface area contributed by atoms with E-state index in [1.165, 1.54) is 0 Å². The first kappa shape index (κ1) is 14.1. The summed E-state index contributed by atoms with van der Waals surface area (Å²) >= 11 is 9.20. The van der Waals surface area contributed by atoms with E-state index in [-0.39, 0.29) is 11.6 Å². The first-order valence-corrected chi connectivity index (χ1v) is 7.35. The highest BCUT2D eigenvalue weighted by atomic mass is 79.9. The number of halogens is 2. The van der Waals surface area contributed by atoms with Gasteiger partial charge in [0.05, 0.1) is 5.56 Å². The number of hydrogen-bond acceptors (Lipinski definition) is 4. The van der Waals surface area contributed by atoms with Crippen LogP contribution in [0.15, 0.2) is 51.5 Å². The molecule has 0 unspecified atom stereocenters. The van der Waals surface area contributed by atoms with Crippen molar-refractivity contribution in [2.24, 2.45) is 0 Å². The molecule has 6 heteroatoms. The Kier molecular flexibility index (Phi) is 3.94. The molecule has 2 aromatic carbocycles. The van der Waals surface area contributed by atoms with Crippen LogP contribution in [0.1, 0.15) is 11.4 Å². The smallest absolute Gasteiger partial charge is 0.261 e. The largest absolute Gasteiger partial charge is 0.507 e. The van der Waals surface area contributed by atoms with Crippen molar-refractivity contribution < 1.29 is 9.63 Å². The van der Waals surface area contributed by atoms with Gasteiger partial charge in [-0.25, -0.2) is 0 Å². The average Bonchev–Trinajstić information content (AvgIpc) is 2.92. The fourth-order valence-electron chi connectivity index (χ4n) is 1.90. The number of nitrogens with zero attached hydrogens (tertiary/aromatic N) is 2. The minimum atomic E-state index is 0.0971. The normalized spacial score (nSPS) is 10.8. The van der Waals surface area contributed by atoms with Crippen LogP contribution in [0.2, 0.25) is 5.02 Å². The van der Waals surface area contributed by atoms with E-state index in [0.29, 0.717) is 22.8 Å². The first-order chi connectivity index (χ1) is 10.1. The van der Waals surface area contributed by atoms with E-state index >= 15 is 0 Å². The van der Waals surface area contributed by atoms with Crippen molar-refractivity contribution in [3.8, 4) is 17.2 Å². The molecule has 0 fully saturated rings. The topological polar surface area (TPSA) is 59.2 Å². The molecule has 0 amide bonds. The summed E-state index contributed by atoms with van der Waals surface area (Å²) in [6.07, 6.45) is 0.537. The van der Waals surface area contributed by atoms with Crippen LogP contribution in [0.25, 0.3) is 11.5 Å². The van der Waals surface area contributed by atoms with E-state index < -0.39 is 0 Å². The van der Waals surface area contributed by atoms with Gasteiger partial charge in [0, 0.05) is 15.9 Å². The summed E-state index contributed by atoms with van der Waals surface area (Å²) in [5.41, 5.74) is 1.53. The summed E-state index contributed by atoms with van der Waals surface area (Å²) in [4.78, 5) is 4.31. The van der Waals surface area contributed by atoms with E-state index in [1.807, 2.05) is 24.3 Å². The number of phenols is 1. The number of phenolic OH excluding ortho intramolecular Hbond substituents is 1. The second kappa shape index (κ2) is 5.87. The molecule has 0 aliphatic rings. The van der Waals surface area contributed by atoms with Gasteiger partial charge in [-0.3, -0.25) is 0 Å². The standard InChI is InChI=1S/C15H10BrClN2O2/c16-10-3-6-13(20)12(8-10)15-18-14(19-21-15)7-9-1-4-11(17)5-2-9/h1-6,8,20H,7H2. The van der Waals surface area contributed by atoms with Gasteiger partial charge in [-0.05, 0) is 35.9 Å². The molecule has 0 radical (unpaired) electrons. The van der Waals surface area contributed by atoms with E-state index in [0.717, 1.165) is 10.0 Å². The van der Waals surface area contributed by atoms with Crippen LogP contribution < -0.4 is 0 Å². The fraction of sp³-hybridized carbons (Fsp3) is 0.0667. The van der Waals surface area contributed by atoms with Crippen molar-refractivity contribution in [3.63, 3.8) is 0 Å². The number of aromatic hydroxyl groups is 1. The summed E-state index contributed by atoms with van der Waals surface area (Å²) in [6, 6.07) is 12.5. The monoisotopic (exact) mass is 364 g/mol. The maximum absolute atomic E-state index is 9.85. The number of aromatic nitrogens is 2. The van der Waals surface area contributed by atoms with Crippen LogP contribution in [-0.2, 0) is 6.42 Å². The molecule has 3 rings (SSSR count).